The Balaban J connectivity index is 1.84. The van der Waals surface area contributed by atoms with Crippen molar-refractivity contribution in [2.75, 3.05) is 32.7 Å². The second-order valence-electron chi connectivity index (χ2n) is 7.47. The summed E-state index contributed by atoms with van der Waals surface area (Å²) < 4.78 is 2.48. The van der Waals surface area contributed by atoms with Crippen molar-refractivity contribution in [2.45, 2.75) is 52.5 Å². The van der Waals surface area contributed by atoms with Crippen LogP contribution in [0.3, 0.4) is 0 Å². The number of aryl methyl sites for hydroxylation is 1. The van der Waals surface area contributed by atoms with Gasteiger partial charge in [-0.1, -0.05) is 33.3 Å². The summed E-state index contributed by atoms with van der Waals surface area (Å²) in [6.45, 7) is 13.8. The molecule has 1 saturated heterocycles. The fourth-order valence-electron chi connectivity index (χ4n) is 3.67. The van der Waals surface area contributed by atoms with Gasteiger partial charge >= 0.3 is 0 Å². The zero-order valence-corrected chi connectivity index (χ0v) is 15.6. The number of hydrogen-bond acceptors (Lipinski definition) is 2. The quantitative estimate of drug-likeness (QED) is 0.829. The lowest BCUT2D eigenvalue weighted by Gasteiger charge is -2.27. The standard InChI is InChI=1S/C21H33N3/c1-4-5-11-24-16-19(8-12-23-13-9-22-10-14-23)20-15-18(17(2)3)6-7-21(20)24/h6-7,15-17,22H,4-5,8-14H2,1-3H3. The van der Waals surface area contributed by atoms with Gasteiger partial charge in [0.15, 0.2) is 0 Å². The largest absolute Gasteiger partial charge is 0.347 e. The molecule has 0 atom stereocenters. The maximum Gasteiger partial charge on any atom is 0.0483 e. The van der Waals surface area contributed by atoms with Crippen molar-refractivity contribution in [3.05, 3.63) is 35.5 Å². The molecule has 2 aromatic rings. The predicted octanol–water partition coefficient (Wildman–Crippen LogP) is 4.01. The van der Waals surface area contributed by atoms with E-state index in [4.69, 9.17) is 0 Å². The zero-order valence-electron chi connectivity index (χ0n) is 15.6. The van der Waals surface area contributed by atoms with E-state index in [1.165, 1.54) is 54.5 Å². The average molecular weight is 328 g/mol. The molecule has 1 aromatic heterocycles. The highest BCUT2D eigenvalue weighted by atomic mass is 15.2. The molecule has 0 amide bonds. The van der Waals surface area contributed by atoms with Crippen LogP contribution in [-0.4, -0.2) is 42.2 Å². The molecule has 1 N–H and O–H groups in total. The second kappa shape index (κ2) is 8.17. The molecule has 24 heavy (non-hydrogen) atoms. The number of aromatic nitrogens is 1. The van der Waals surface area contributed by atoms with Crippen LogP contribution in [0.5, 0.6) is 0 Å². The van der Waals surface area contributed by atoms with Crippen LogP contribution in [0.25, 0.3) is 10.9 Å². The van der Waals surface area contributed by atoms with Gasteiger partial charge in [0, 0.05) is 56.4 Å². The van der Waals surface area contributed by atoms with Gasteiger partial charge in [0.25, 0.3) is 0 Å². The summed E-state index contributed by atoms with van der Waals surface area (Å²) in [6, 6.07) is 7.10. The number of nitrogens with zero attached hydrogens (tertiary/aromatic N) is 2. The Labute approximate surface area is 147 Å². The van der Waals surface area contributed by atoms with Gasteiger partial charge in [0.1, 0.15) is 0 Å². The highest BCUT2D eigenvalue weighted by molar-refractivity contribution is 5.85. The van der Waals surface area contributed by atoms with E-state index >= 15 is 0 Å². The number of piperazine rings is 1. The van der Waals surface area contributed by atoms with Crippen LogP contribution in [0.4, 0.5) is 0 Å². The Morgan fingerprint density at radius 1 is 1.12 bits per heavy atom. The van der Waals surface area contributed by atoms with E-state index in [1.54, 1.807) is 0 Å². The fourth-order valence-corrected chi connectivity index (χ4v) is 3.67. The normalized spacial score (nSPS) is 16.3. The molecule has 0 spiro atoms. The molecule has 1 aliphatic rings. The van der Waals surface area contributed by atoms with Gasteiger partial charge in [-0.25, -0.2) is 0 Å². The minimum atomic E-state index is 0.592. The lowest BCUT2D eigenvalue weighted by atomic mass is 10.00. The second-order valence-corrected chi connectivity index (χ2v) is 7.47. The number of rotatable bonds is 7. The van der Waals surface area contributed by atoms with Crippen LogP contribution in [0.15, 0.2) is 24.4 Å². The van der Waals surface area contributed by atoms with Crippen LogP contribution in [-0.2, 0) is 13.0 Å². The maximum atomic E-state index is 3.44. The molecule has 0 bridgehead atoms. The van der Waals surface area contributed by atoms with Crippen LogP contribution < -0.4 is 5.32 Å². The Morgan fingerprint density at radius 2 is 1.92 bits per heavy atom. The first-order chi connectivity index (χ1) is 11.7. The summed E-state index contributed by atoms with van der Waals surface area (Å²) in [5.74, 6) is 0.592. The Kier molecular flexibility index (Phi) is 5.96. The van der Waals surface area contributed by atoms with Crippen LogP contribution in [0, 0.1) is 0 Å². The van der Waals surface area contributed by atoms with Gasteiger partial charge in [-0.15, -0.1) is 0 Å². The smallest absolute Gasteiger partial charge is 0.0483 e. The van der Waals surface area contributed by atoms with Crippen molar-refractivity contribution >= 4 is 10.9 Å². The maximum absolute atomic E-state index is 3.44. The topological polar surface area (TPSA) is 20.2 Å². The van der Waals surface area contributed by atoms with Gasteiger partial charge in [-0.2, -0.15) is 0 Å². The van der Waals surface area contributed by atoms with Crippen LogP contribution >= 0.6 is 0 Å². The van der Waals surface area contributed by atoms with E-state index in [1.807, 2.05) is 0 Å². The molecular formula is C21H33N3. The molecule has 1 aromatic carbocycles. The third-order valence-electron chi connectivity index (χ3n) is 5.31. The lowest BCUT2D eigenvalue weighted by molar-refractivity contribution is 0.244. The van der Waals surface area contributed by atoms with Crippen LogP contribution in [0.2, 0.25) is 0 Å². The van der Waals surface area contributed by atoms with E-state index in [0.717, 1.165) is 26.1 Å². The zero-order chi connectivity index (χ0) is 16.9. The third-order valence-corrected chi connectivity index (χ3v) is 5.31. The molecule has 0 unspecified atom stereocenters. The number of benzene rings is 1. The molecular weight excluding hydrogens is 294 g/mol. The van der Waals surface area contributed by atoms with Crippen molar-refractivity contribution in [3.8, 4) is 0 Å². The third kappa shape index (κ3) is 4.01. The molecule has 1 fully saturated rings. The Hall–Kier alpha value is -1.32. The molecule has 0 aliphatic carbocycles. The first kappa shape index (κ1) is 17.5. The molecule has 0 saturated carbocycles. The number of hydrogen-bond donors (Lipinski definition) is 1. The molecule has 0 radical (unpaired) electrons. The van der Waals surface area contributed by atoms with Crippen molar-refractivity contribution in [2.24, 2.45) is 0 Å². The summed E-state index contributed by atoms with van der Waals surface area (Å²) in [5, 5.41) is 4.92. The van der Waals surface area contributed by atoms with E-state index in [-0.39, 0.29) is 0 Å². The molecule has 3 rings (SSSR count). The van der Waals surface area contributed by atoms with Crippen LogP contribution in [0.1, 0.15) is 50.7 Å². The first-order valence-electron chi connectivity index (χ1n) is 9.73. The van der Waals surface area contributed by atoms with E-state index in [2.05, 4.69) is 60.0 Å². The molecule has 1 aliphatic heterocycles. The summed E-state index contributed by atoms with van der Waals surface area (Å²) in [7, 11) is 0. The van der Waals surface area contributed by atoms with E-state index in [0.29, 0.717) is 5.92 Å². The summed E-state index contributed by atoms with van der Waals surface area (Å²) >= 11 is 0. The highest BCUT2D eigenvalue weighted by Gasteiger charge is 2.13. The summed E-state index contributed by atoms with van der Waals surface area (Å²) in [5.41, 5.74) is 4.41. The molecule has 3 nitrogen and oxygen atoms in total. The minimum Gasteiger partial charge on any atom is -0.347 e. The van der Waals surface area contributed by atoms with Crippen molar-refractivity contribution in [3.63, 3.8) is 0 Å². The SMILES string of the molecule is CCCCn1cc(CCN2CCNCC2)c2cc(C(C)C)ccc21. The summed E-state index contributed by atoms with van der Waals surface area (Å²) in [4.78, 5) is 2.60. The van der Waals surface area contributed by atoms with Gasteiger partial charge in [-0.3, -0.25) is 0 Å². The molecule has 132 valence electrons. The highest BCUT2D eigenvalue weighted by Crippen LogP contribution is 2.27. The van der Waals surface area contributed by atoms with Gasteiger partial charge in [0.05, 0.1) is 0 Å². The van der Waals surface area contributed by atoms with Gasteiger partial charge in [-0.05, 0) is 42.0 Å². The predicted molar refractivity (Wildman–Crippen MR) is 104 cm³/mol. The monoisotopic (exact) mass is 327 g/mol. The molecule has 2 heterocycles. The Morgan fingerprint density at radius 3 is 2.62 bits per heavy atom. The van der Waals surface area contributed by atoms with Crippen molar-refractivity contribution in [1.29, 1.82) is 0 Å². The summed E-state index contributed by atoms with van der Waals surface area (Å²) in [6.07, 6.45) is 6.09. The van der Waals surface area contributed by atoms with E-state index in [9.17, 15) is 0 Å². The van der Waals surface area contributed by atoms with Crippen molar-refractivity contribution in [1.82, 2.24) is 14.8 Å². The number of nitrogens with one attached hydrogen (secondary N) is 1. The molecule has 3 heteroatoms. The number of unbranched alkanes of at least 4 members (excludes halogenated alkanes) is 1. The fraction of sp³-hybridized carbons (Fsp3) is 0.619. The number of fused-ring (bicyclic) bond motifs is 1. The minimum absolute atomic E-state index is 0.592. The lowest BCUT2D eigenvalue weighted by Crippen LogP contribution is -2.44. The van der Waals surface area contributed by atoms with Crippen molar-refractivity contribution < 1.29 is 0 Å². The average Bonchev–Trinajstić information content (AvgIpc) is 2.96. The first-order valence-corrected chi connectivity index (χ1v) is 9.73. The van der Waals surface area contributed by atoms with E-state index < -0.39 is 0 Å². The van der Waals surface area contributed by atoms with Gasteiger partial charge in [0.2, 0.25) is 0 Å². The van der Waals surface area contributed by atoms with Gasteiger partial charge < -0.3 is 14.8 Å². The Bertz CT molecular complexity index is 650.